The molecule has 0 fully saturated rings. The van der Waals surface area contributed by atoms with Gasteiger partial charge in [0.25, 0.3) is 5.91 Å². The molecule has 0 aliphatic heterocycles. The van der Waals surface area contributed by atoms with Gasteiger partial charge in [-0.1, -0.05) is 48.0 Å². The molecule has 4 aromatic rings. The Labute approximate surface area is 190 Å². The maximum absolute atomic E-state index is 12.7. The quantitative estimate of drug-likeness (QED) is 0.423. The number of aromatic nitrogens is 3. The van der Waals surface area contributed by atoms with Gasteiger partial charge < -0.3 is 5.32 Å². The number of hydrogen-bond acceptors (Lipinski definition) is 4. The monoisotopic (exact) mass is 444 g/mol. The van der Waals surface area contributed by atoms with E-state index in [0.29, 0.717) is 28.4 Å². The van der Waals surface area contributed by atoms with E-state index in [1.807, 2.05) is 43.3 Å². The van der Waals surface area contributed by atoms with Gasteiger partial charge >= 0.3 is 0 Å². The smallest absolute Gasteiger partial charge is 0.254 e. The van der Waals surface area contributed by atoms with Crippen molar-refractivity contribution in [2.24, 2.45) is 0 Å². The normalized spacial score (nSPS) is 10.7. The molecule has 0 bridgehead atoms. The first kappa shape index (κ1) is 21.5. The highest BCUT2D eigenvalue weighted by Gasteiger charge is 2.12. The molecule has 1 N–H and O–H groups in total. The predicted molar refractivity (Wildman–Crippen MR) is 123 cm³/mol. The summed E-state index contributed by atoms with van der Waals surface area (Å²) in [6, 6.07) is 18.3. The molecule has 7 heteroatoms. The number of pyridine rings is 1. The Kier molecular flexibility index (Phi) is 6.42. The molecule has 0 saturated carbocycles. The van der Waals surface area contributed by atoms with Gasteiger partial charge in [0.2, 0.25) is 0 Å². The Morgan fingerprint density at radius 2 is 1.84 bits per heavy atom. The van der Waals surface area contributed by atoms with Crippen molar-refractivity contribution in [3.63, 3.8) is 0 Å². The van der Waals surface area contributed by atoms with E-state index in [4.69, 9.17) is 11.6 Å². The number of amides is 1. The van der Waals surface area contributed by atoms with Gasteiger partial charge in [-0.25, -0.2) is 4.68 Å². The topological polar surface area (TPSA) is 76.9 Å². The maximum atomic E-state index is 12.7. The molecule has 32 heavy (non-hydrogen) atoms. The van der Waals surface area contributed by atoms with E-state index >= 15 is 0 Å². The standard InChI is InChI=1S/C25H21ClN4O2/c1-17-9-10-18(13-27-17)11-24(31)19-6-4-7-22(12-19)30-16-21(15-29-30)25(32)28-14-20-5-2-3-8-23(20)26/h2-10,12-13,15-16H,11,14H2,1H3,(H,28,32). The van der Waals surface area contributed by atoms with E-state index < -0.39 is 0 Å². The zero-order chi connectivity index (χ0) is 22.5. The fourth-order valence-corrected chi connectivity index (χ4v) is 3.42. The molecule has 0 spiro atoms. The number of hydrogen-bond donors (Lipinski definition) is 1. The summed E-state index contributed by atoms with van der Waals surface area (Å²) in [5.74, 6) is -0.266. The van der Waals surface area contributed by atoms with Crippen LogP contribution in [0.3, 0.4) is 0 Å². The van der Waals surface area contributed by atoms with Crippen LogP contribution in [0.25, 0.3) is 5.69 Å². The van der Waals surface area contributed by atoms with Gasteiger partial charge in [0, 0.05) is 41.6 Å². The van der Waals surface area contributed by atoms with Crippen LogP contribution in [0, 0.1) is 6.92 Å². The third kappa shape index (κ3) is 5.10. The average Bonchev–Trinajstić information content (AvgIpc) is 3.30. The number of rotatable bonds is 7. The molecular weight excluding hydrogens is 424 g/mol. The van der Waals surface area contributed by atoms with Crippen LogP contribution in [-0.4, -0.2) is 26.5 Å². The van der Waals surface area contributed by atoms with Gasteiger partial charge in [0.1, 0.15) is 0 Å². The second-order valence-corrected chi connectivity index (χ2v) is 7.81. The van der Waals surface area contributed by atoms with Crippen molar-refractivity contribution in [1.29, 1.82) is 0 Å². The Balaban J connectivity index is 1.44. The third-order valence-corrected chi connectivity index (χ3v) is 5.38. The lowest BCUT2D eigenvalue weighted by Crippen LogP contribution is -2.22. The second-order valence-electron chi connectivity index (χ2n) is 7.41. The number of nitrogens with one attached hydrogen (secondary N) is 1. The van der Waals surface area contributed by atoms with Crippen LogP contribution < -0.4 is 5.32 Å². The van der Waals surface area contributed by atoms with E-state index in [1.54, 1.807) is 41.3 Å². The molecule has 160 valence electrons. The van der Waals surface area contributed by atoms with Crippen LogP contribution in [0.15, 0.2) is 79.3 Å². The number of carbonyl (C=O) groups is 2. The fraction of sp³-hybridized carbons (Fsp3) is 0.120. The minimum absolute atomic E-state index is 0.0117. The van der Waals surface area contributed by atoms with Gasteiger partial charge in [-0.3, -0.25) is 14.6 Å². The third-order valence-electron chi connectivity index (χ3n) is 5.01. The fourth-order valence-electron chi connectivity index (χ4n) is 3.21. The molecule has 0 unspecified atom stereocenters. The van der Waals surface area contributed by atoms with Crippen LogP contribution in [0.2, 0.25) is 5.02 Å². The lowest BCUT2D eigenvalue weighted by molar-refractivity contribution is 0.0949. The Hall–Kier alpha value is -3.77. The van der Waals surface area contributed by atoms with E-state index in [-0.39, 0.29) is 18.1 Å². The summed E-state index contributed by atoms with van der Waals surface area (Å²) in [6.45, 7) is 2.23. The van der Waals surface area contributed by atoms with Crippen molar-refractivity contribution in [2.75, 3.05) is 0 Å². The summed E-state index contributed by atoms with van der Waals surface area (Å²) in [5, 5.41) is 7.73. The number of nitrogens with zero attached hydrogens (tertiary/aromatic N) is 3. The van der Waals surface area contributed by atoms with Crippen LogP contribution in [-0.2, 0) is 13.0 Å². The van der Waals surface area contributed by atoms with Gasteiger partial charge in [-0.15, -0.1) is 0 Å². The van der Waals surface area contributed by atoms with Crippen molar-refractivity contribution >= 4 is 23.3 Å². The molecule has 4 rings (SSSR count). The molecule has 0 radical (unpaired) electrons. The van der Waals surface area contributed by atoms with E-state index in [9.17, 15) is 9.59 Å². The van der Waals surface area contributed by atoms with Gasteiger partial charge in [0.15, 0.2) is 5.78 Å². The number of halogens is 1. The highest BCUT2D eigenvalue weighted by molar-refractivity contribution is 6.31. The van der Waals surface area contributed by atoms with Crippen molar-refractivity contribution in [3.8, 4) is 5.69 Å². The molecule has 2 aromatic heterocycles. The summed E-state index contributed by atoms with van der Waals surface area (Å²) in [6.07, 6.45) is 5.12. The molecule has 0 aliphatic rings. The Bertz CT molecular complexity index is 1260. The van der Waals surface area contributed by atoms with Crippen molar-refractivity contribution in [3.05, 3.63) is 112 Å². The van der Waals surface area contributed by atoms with E-state index in [1.165, 1.54) is 6.20 Å². The largest absolute Gasteiger partial charge is 0.348 e. The number of aryl methyl sites for hydroxylation is 1. The minimum Gasteiger partial charge on any atom is -0.348 e. The summed E-state index contributed by atoms with van der Waals surface area (Å²) in [5.41, 5.74) is 4.30. The summed E-state index contributed by atoms with van der Waals surface area (Å²) < 4.78 is 1.58. The molecule has 2 heterocycles. The van der Waals surface area contributed by atoms with Crippen molar-refractivity contribution in [2.45, 2.75) is 19.9 Å². The van der Waals surface area contributed by atoms with E-state index in [0.717, 1.165) is 16.8 Å². The van der Waals surface area contributed by atoms with Crippen molar-refractivity contribution < 1.29 is 9.59 Å². The van der Waals surface area contributed by atoms with Gasteiger partial charge in [-0.2, -0.15) is 5.10 Å². The first-order valence-corrected chi connectivity index (χ1v) is 10.5. The lowest BCUT2D eigenvalue weighted by Gasteiger charge is -2.06. The zero-order valence-electron chi connectivity index (χ0n) is 17.5. The summed E-state index contributed by atoms with van der Waals surface area (Å²) in [7, 11) is 0. The molecule has 0 atom stereocenters. The Morgan fingerprint density at radius 1 is 1.00 bits per heavy atom. The van der Waals surface area contributed by atoms with Gasteiger partial charge in [0.05, 0.1) is 17.4 Å². The lowest BCUT2D eigenvalue weighted by atomic mass is 10.0. The van der Waals surface area contributed by atoms with Crippen molar-refractivity contribution in [1.82, 2.24) is 20.1 Å². The highest BCUT2D eigenvalue weighted by atomic mass is 35.5. The molecule has 1 amide bonds. The number of carbonyl (C=O) groups excluding carboxylic acids is 2. The molecule has 6 nitrogen and oxygen atoms in total. The van der Waals surface area contributed by atoms with Crippen LogP contribution in [0.4, 0.5) is 0 Å². The maximum Gasteiger partial charge on any atom is 0.254 e. The molecule has 2 aromatic carbocycles. The summed E-state index contributed by atoms with van der Waals surface area (Å²) >= 11 is 6.14. The number of benzene rings is 2. The van der Waals surface area contributed by atoms with Gasteiger partial charge in [-0.05, 0) is 42.3 Å². The predicted octanol–water partition coefficient (Wildman–Crippen LogP) is 4.58. The number of Topliss-reactive ketones (excluding diaryl/α,β-unsaturated/α-hetero) is 1. The van der Waals surface area contributed by atoms with E-state index in [2.05, 4.69) is 15.4 Å². The molecule has 0 saturated heterocycles. The first-order chi connectivity index (χ1) is 15.5. The highest BCUT2D eigenvalue weighted by Crippen LogP contribution is 2.16. The molecular formula is C25H21ClN4O2. The Morgan fingerprint density at radius 3 is 2.62 bits per heavy atom. The summed E-state index contributed by atoms with van der Waals surface area (Å²) in [4.78, 5) is 29.5. The van der Waals surface area contributed by atoms with Crippen LogP contribution >= 0.6 is 11.6 Å². The van der Waals surface area contributed by atoms with Crippen LogP contribution in [0.5, 0.6) is 0 Å². The minimum atomic E-state index is -0.254. The first-order valence-electron chi connectivity index (χ1n) is 10.1. The second kappa shape index (κ2) is 9.58. The SMILES string of the molecule is Cc1ccc(CC(=O)c2cccc(-n3cc(C(=O)NCc4ccccc4Cl)cn3)c2)cn1. The van der Waals surface area contributed by atoms with Crippen LogP contribution in [0.1, 0.15) is 37.5 Å². The zero-order valence-corrected chi connectivity index (χ0v) is 18.2. The molecule has 0 aliphatic carbocycles. The average molecular weight is 445 g/mol. The number of ketones is 1.